The van der Waals surface area contributed by atoms with Gasteiger partial charge in [0.05, 0.1) is 10.6 Å². The third-order valence-electron chi connectivity index (χ3n) is 5.95. The summed E-state index contributed by atoms with van der Waals surface area (Å²) in [7, 11) is -4.16. The molecule has 0 atom stereocenters. The van der Waals surface area contributed by atoms with Crippen molar-refractivity contribution in [1.82, 2.24) is 9.55 Å². The van der Waals surface area contributed by atoms with E-state index in [1.807, 2.05) is 6.92 Å². The minimum Gasteiger partial charge on any atom is -0.443 e. The summed E-state index contributed by atoms with van der Waals surface area (Å²) in [6.07, 6.45) is -2.18. The van der Waals surface area contributed by atoms with Crippen molar-refractivity contribution in [1.29, 1.82) is 5.26 Å². The molecule has 11 nitrogen and oxygen atoms in total. The predicted octanol–water partition coefficient (Wildman–Crippen LogP) is 5.45. The van der Waals surface area contributed by atoms with Gasteiger partial charge < -0.3 is 9.47 Å². The van der Waals surface area contributed by atoms with Crippen molar-refractivity contribution in [3.8, 4) is 11.8 Å². The van der Waals surface area contributed by atoms with Gasteiger partial charge in [0, 0.05) is 11.1 Å². The van der Waals surface area contributed by atoms with Crippen molar-refractivity contribution in [2.45, 2.75) is 85.3 Å². The molecule has 3 rings (SSSR count). The number of nitrogens with two attached hydrogens (primary N) is 1. The first-order valence-electron chi connectivity index (χ1n) is 12.5. The molecule has 2 amide bonds. The SMILES string of the molecule is Cc1cc2c(C#N)c(N(C(=O)OC(C)(C)C)C(=O)OC(C)(C)C)n(-c3c(C)ccc(S(N)(=O)=O)c3C)c2nc1C. The Bertz CT molecular complexity index is 1660. The Morgan fingerprint density at radius 1 is 0.975 bits per heavy atom. The average molecular weight is 570 g/mol. The summed E-state index contributed by atoms with van der Waals surface area (Å²) in [6.45, 7) is 16.7. The number of hydrogen-bond acceptors (Lipinski definition) is 8. The number of pyridine rings is 1. The molecular formula is C28H35N5O6S. The fourth-order valence-electron chi connectivity index (χ4n) is 4.25. The van der Waals surface area contributed by atoms with Crippen molar-refractivity contribution < 1.29 is 27.5 Å². The van der Waals surface area contributed by atoms with Gasteiger partial charge in [-0.2, -0.15) is 10.2 Å². The molecule has 0 spiro atoms. The monoisotopic (exact) mass is 569 g/mol. The van der Waals surface area contributed by atoms with Crippen LogP contribution in [0.25, 0.3) is 16.7 Å². The number of benzene rings is 1. The van der Waals surface area contributed by atoms with Gasteiger partial charge in [-0.3, -0.25) is 4.57 Å². The number of aryl methyl sites for hydroxylation is 3. The molecular weight excluding hydrogens is 534 g/mol. The lowest BCUT2D eigenvalue weighted by Gasteiger charge is -2.29. The zero-order valence-electron chi connectivity index (χ0n) is 24.5. The van der Waals surface area contributed by atoms with Crippen LogP contribution in [0.1, 0.15) is 69.5 Å². The Labute approximate surface area is 234 Å². The number of fused-ring (bicyclic) bond motifs is 1. The van der Waals surface area contributed by atoms with Crippen molar-refractivity contribution >= 4 is 39.1 Å². The molecule has 0 radical (unpaired) electrons. The van der Waals surface area contributed by atoms with E-state index in [0.717, 1.165) is 5.56 Å². The van der Waals surface area contributed by atoms with E-state index in [-0.39, 0.29) is 33.2 Å². The standard InChI is InChI=1S/C28H35N5O6S/c1-15-11-12-21(40(30,36)37)17(3)22(15)32-23-19(13-16(2)18(4)31-23)20(14-29)24(32)33(25(34)38-27(5,6)7)26(35)39-28(8,9)10/h11-13H,1-10H3,(H2,30,36,37). The molecule has 214 valence electrons. The van der Waals surface area contributed by atoms with Crippen LogP contribution in [0.15, 0.2) is 23.1 Å². The fourth-order valence-corrected chi connectivity index (χ4v) is 5.03. The third-order valence-corrected chi connectivity index (χ3v) is 7.01. The van der Waals surface area contributed by atoms with Gasteiger partial charge in [0.25, 0.3) is 0 Å². The number of anilines is 1. The first-order valence-corrected chi connectivity index (χ1v) is 14.0. The minimum absolute atomic E-state index is 0.0536. The van der Waals surface area contributed by atoms with Crippen LogP contribution in [-0.2, 0) is 19.5 Å². The van der Waals surface area contributed by atoms with Crippen molar-refractivity contribution in [2.75, 3.05) is 4.90 Å². The van der Waals surface area contributed by atoms with Gasteiger partial charge in [-0.15, -0.1) is 0 Å². The van der Waals surface area contributed by atoms with Crippen LogP contribution in [0.4, 0.5) is 15.4 Å². The molecule has 0 aliphatic rings. The van der Waals surface area contributed by atoms with E-state index < -0.39 is 33.4 Å². The Morgan fingerprint density at radius 3 is 1.95 bits per heavy atom. The molecule has 0 bridgehead atoms. The summed E-state index contributed by atoms with van der Waals surface area (Å²) in [5, 5.41) is 16.3. The highest BCUT2D eigenvalue weighted by Gasteiger charge is 2.39. The fraction of sp³-hybridized carbons (Fsp3) is 0.429. The van der Waals surface area contributed by atoms with E-state index >= 15 is 0 Å². The quantitative estimate of drug-likeness (QED) is 0.436. The number of primary sulfonamides is 1. The van der Waals surface area contributed by atoms with E-state index in [4.69, 9.17) is 19.6 Å². The summed E-state index contributed by atoms with van der Waals surface area (Å²) in [4.78, 5) is 32.6. The minimum atomic E-state index is -4.16. The van der Waals surface area contributed by atoms with Gasteiger partial charge in [0.15, 0.2) is 5.82 Å². The lowest BCUT2D eigenvalue weighted by Crippen LogP contribution is -2.45. The van der Waals surface area contributed by atoms with Gasteiger partial charge in [-0.1, -0.05) is 6.07 Å². The summed E-state index contributed by atoms with van der Waals surface area (Å²) >= 11 is 0. The van der Waals surface area contributed by atoms with Gasteiger partial charge in [0.1, 0.15) is 28.5 Å². The molecule has 3 aromatic rings. The van der Waals surface area contributed by atoms with Gasteiger partial charge >= 0.3 is 12.2 Å². The Morgan fingerprint density at radius 2 is 1.50 bits per heavy atom. The average Bonchev–Trinajstić information content (AvgIpc) is 3.03. The molecule has 0 fully saturated rings. The lowest BCUT2D eigenvalue weighted by atomic mass is 10.1. The predicted molar refractivity (Wildman–Crippen MR) is 151 cm³/mol. The van der Waals surface area contributed by atoms with Crippen LogP contribution in [0.2, 0.25) is 0 Å². The van der Waals surface area contributed by atoms with E-state index in [1.54, 1.807) is 74.4 Å². The van der Waals surface area contributed by atoms with Crippen molar-refractivity contribution in [3.05, 3.63) is 46.1 Å². The second-order valence-corrected chi connectivity index (χ2v) is 13.1. The topological polar surface area (TPSA) is 158 Å². The van der Waals surface area contributed by atoms with Gasteiger partial charge in [-0.25, -0.2) is 28.1 Å². The number of hydrogen-bond donors (Lipinski definition) is 1. The number of sulfonamides is 1. The number of imide groups is 1. The Hall–Kier alpha value is -3.95. The molecule has 0 saturated carbocycles. The molecule has 40 heavy (non-hydrogen) atoms. The van der Waals surface area contributed by atoms with E-state index in [1.165, 1.54) is 10.6 Å². The van der Waals surface area contributed by atoms with E-state index in [0.29, 0.717) is 21.5 Å². The number of aromatic nitrogens is 2. The highest BCUT2D eigenvalue weighted by atomic mass is 32.2. The number of carbonyl (C=O) groups is 2. The summed E-state index contributed by atoms with van der Waals surface area (Å²) in [5.41, 5.74) is 0.631. The molecule has 0 unspecified atom stereocenters. The van der Waals surface area contributed by atoms with Crippen LogP contribution < -0.4 is 10.0 Å². The van der Waals surface area contributed by atoms with Crippen LogP contribution in [0.5, 0.6) is 0 Å². The number of ether oxygens (including phenoxy) is 2. The number of nitriles is 1. The van der Waals surface area contributed by atoms with Crippen LogP contribution in [-0.4, -0.2) is 41.4 Å². The summed E-state index contributed by atoms with van der Waals surface area (Å²) < 4.78 is 37.5. The number of amides is 2. The van der Waals surface area contributed by atoms with Crippen LogP contribution >= 0.6 is 0 Å². The maximum absolute atomic E-state index is 13.7. The second kappa shape index (κ2) is 10.2. The molecule has 2 heterocycles. The maximum atomic E-state index is 13.7. The van der Waals surface area contributed by atoms with Crippen molar-refractivity contribution in [3.63, 3.8) is 0 Å². The largest absolute Gasteiger partial charge is 0.443 e. The third kappa shape index (κ3) is 5.95. The molecule has 0 aliphatic carbocycles. The summed E-state index contributed by atoms with van der Waals surface area (Å²) in [6, 6.07) is 6.77. The molecule has 0 aliphatic heterocycles. The molecule has 12 heteroatoms. The first kappa shape index (κ1) is 30.6. The van der Waals surface area contributed by atoms with E-state index in [2.05, 4.69) is 6.07 Å². The second-order valence-electron chi connectivity index (χ2n) is 11.6. The zero-order valence-corrected chi connectivity index (χ0v) is 25.3. The highest BCUT2D eigenvalue weighted by molar-refractivity contribution is 7.89. The van der Waals surface area contributed by atoms with Gasteiger partial charge in [-0.05, 0) is 98.1 Å². The molecule has 2 aromatic heterocycles. The smallest absolute Gasteiger partial charge is 0.425 e. The molecule has 0 saturated heterocycles. The Balaban J connectivity index is 2.62. The molecule has 1 aromatic carbocycles. The lowest BCUT2D eigenvalue weighted by molar-refractivity contribution is 0.0428. The number of nitrogens with zero attached hydrogens (tertiary/aromatic N) is 4. The normalized spacial score (nSPS) is 12.2. The summed E-state index contributed by atoms with van der Waals surface area (Å²) in [5.74, 6) is -0.198. The van der Waals surface area contributed by atoms with Crippen molar-refractivity contribution in [2.24, 2.45) is 5.14 Å². The number of rotatable bonds is 3. The molecule has 2 N–H and O–H groups in total. The van der Waals surface area contributed by atoms with Gasteiger partial charge in [0.2, 0.25) is 10.0 Å². The Kier molecular flexibility index (Phi) is 7.82. The number of carbonyl (C=O) groups excluding carboxylic acids is 2. The highest BCUT2D eigenvalue weighted by Crippen LogP contribution is 2.39. The first-order chi connectivity index (χ1) is 18.2. The maximum Gasteiger partial charge on any atom is 0.425 e. The van der Waals surface area contributed by atoms with Crippen LogP contribution in [0, 0.1) is 39.0 Å². The van der Waals surface area contributed by atoms with E-state index in [9.17, 15) is 23.3 Å². The van der Waals surface area contributed by atoms with Crippen LogP contribution in [0.3, 0.4) is 0 Å². The zero-order chi connectivity index (χ0) is 30.5.